The van der Waals surface area contributed by atoms with E-state index < -0.39 is 20.0 Å². The number of phosphoric ester groups is 1. The summed E-state index contributed by atoms with van der Waals surface area (Å²) in [5.41, 5.74) is 0. The topological polar surface area (TPSA) is 111 Å². The van der Waals surface area contributed by atoms with Gasteiger partial charge < -0.3 is 19.4 Å². The van der Waals surface area contributed by atoms with Crippen molar-refractivity contribution < 1.29 is 37.3 Å². The first-order valence-corrected chi connectivity index (χ1v) is 33.0. The molecule has 0 aromatic rings. The van der Waals surface area contributed by atoms with Crippen LogP contribution in [0.4, 0.5) is 0 Å². The van der Waals surface area contributed by atoms with E-state index in [1.165, 1.54) is 77.0 Å². The highest BCUT2D eigenvalue weighted by atomic mass is 31.2. The quantitative estimate of drug-likeness (QED) is 0.0205. The van der Waals surface area contributed by atoms with E-state index in [2.05, 4.69) is 148 Å². The number of phosphoric acid groups is 1. The predicted molar refractivity (Wildman–Crippen MR) is 341 cm³/mol. The van der Waals surface area contributed by atoms with Crippen molar-refractivity contribution in [1.29, 1.82) is 0 Å². The average Bonchev–Trinajstić information content (AvgIpc) is 3.41. The van der Waals surface area contributed by atoms with Crippen LogP contribution in [-0.2, 0) is 27.9 Å². The van der Waals surface area contributed by atoms with E-state index in [4.69, 9.17) is 13.8 Å². The third-order valence-corrected chi connectivity index (χ3v) is 14.1. The Bertz CT molecular complexity index is 1810. The standard InChI is InChI=1S/C69H117N2O7P/c1-7-10-13-16-19-22-25-27-29-31-32-33-34-35-36-37-38-40-42-44-47-50-53-56-59-62-69(73)78-67(60-57-54-51-48-45-24-21-18-15-12-9-3)66(65-77-79(74,75)76-64-63-71(4,5)6)70-68(72)61-58-55-52-49-46-43-41-39-30-28-26-23-20-17-14-11-8-2/h10-11,13-14,19-20,22-23,27-30,32-33,35-36,41,43,49,52,57,60,66-67H,7-9,12,15-18,21,24-26,31,34,37-40,42,44-48,50-51,53-56,58-59,61-65H2,1-6H3,(H-,70,72,74,75)/p+1/b13-10-,14-11-,22-19-,23-20-,29-27-,30-28-,33-32-,36-35-,43-41-,52-49-,60-57-. The Kier molecular flexibility index (Phi) is 54.6. The van der Waals surface area contributed by atoms with Crippen molar-refractivity contribution in [3.05, 3.63) is 134 Å². The van der Waals surface area contributed by atoms with Gasteiger partial charge in [0.2, 0.25) is 5.91 Å². The number of esters is 1. The minimum atomic E-state index is -4.47. The van der Waals surface area contributed by atoms with Crippen LogP contribution < -0.4 is 5.32 Å². The van der Waals surface area contributed by atoms with Crippen LogP contribution in [0.25, 0.3) is 0 Å². The summed E-state index contributed by atoms with van der Waals surface area (Å²) in [6, 6.07) is -0.890. The van der Waals surface area contributed by atoms with Gasteiger partial charge in [0.1, 0.15) is 19.3 Å². The van der Waals surface area contributed by atoms with Crippen LogP contribution in [0.3, 0.4) is 0 Å². The lowest BCUT2D eigenvalue weighted by atomic mass is 10.1. The molecule has 0 heterocycles. The highest BCUT2D eigenvalue weighted by molar-refractivity contribution is 7.47. The second kappa shape index (κ2) is 57.4. The smallest absolute Gasteiger partial charge is 0.456 e. The van der Waals surface area contributed by atoms with Gasteiger partial charge >= 0.3 is 13.8 Å². The molecule has 0 aliphatic carbocycles. The maximum atomic E-state index is 13.5. The summed E-state index contributed by atoms with van der Waals surface area (Å²) in [5.74, 6) is -0.590. The fourth-order valence-corrected chi connectivity index (χ4v) is 9.03. The molecule has 3 atom stereocenters. The third-order valence-electron chi connectivity index (χ3n) is 13.1. The van der Waals surface area contributed by atoms with Gasteiger partial charge in [-0.2, -0.15) is 0 Å². The van der Waals surface area contributed by atoms with Crippen molar-refractivity contribution >= 4 is 19.7 Å². The molecular formula is C69H118N2O7P+. The Balaban J connectivity index is 5.24. The summed E-state index contributed by atoms with van der Waals surface area (Å²) in [4.78, 5) is 37.7. The van der Waals surface area contributed by atoms with Crippen LogP contribution in [0.15, 0.2) is 134 Å². The van der Waals surface area contributed by atoms with E-state index in [-0.39, 0.29) is 37.9 Å². The molecule has 0 aromatic heterocycles. The van der Waals surface area contributed by atoms with Crippen LogP contribution in [-0.4, -0.2) is 74.3 Å². The van der Waals surface area contributed by atoms with E-state index in [9.17, 15) is 19.0 Å². The number of carbonyl (C=O) groups is 2. The largest absolute Gasteiger partial charge is 0.472 e. The third kappa shape index (κ3) is 58.6. The van der Waals surface area contributed by atoms with Crippen LogP contribution in [0, 0.1) is 0 Å². The van der Waals surface area contributed by atoms with Gasteiger partial charge in [-0.05, 0) is 115 Å². The van der Waals surface area contributed by atoms with Crippen molar-refractivity contribution in [1.82, 2.24) is 5.32 Å². The number of amides is 1. The molecule has 1 amide bonds. The van der Waals surface area contributed by atoms with Crippen LogP contribution in [0.2, 0.25) is 0 Å². The van der Waals surface area contributed by atoms with Crippen molar-refractivity contribution in [2.75, 3.05) is 40.9 Å². The first kappa shape index (κ1) is 75.2. The number of nitrogens with one attached hydrogen (secondary N) is 1. The zero-order valence-electron chi connectivity index (χ0n) is 51.3. The Morgan fingerprint density at radius 1 is 0.456 bits per heavy atom. The number of unbranched alkanes of at least 4 members (excludes halogenated alkanes) is 19. The molecule has 0 saturated heterocycles. The number of allylic oxidation sites excluding steroid dienone is 21. The van der Waals surface area contributed by atoms with Crippen LogP contribution in [0.1, 0.15) is 239 Å². The Hall–Kier alpha value is -3.85. The summed E-state index contributed by atoms with van der Waals surface area (Å²) in [6.07, 6.45) is 81.8. The molecule has 0 bridgehead atoms. The SMILES string of the molecule is CC/C=C\C/C=C\C/C=C\C/C=C\C/C=C\CCCCCCCCCCCC(=O)OC(/C=C\CCCCCCCCCCC)C(COP(=O)(O)OCC[N+](C)(C)C)NC(=O)CCC/C=C\C/C=C\C/C=C\C/C=C\C/C=C\CC. The number of likely N-dealkylation sites (N-methyl/N-ethyl adjacent to an activating group) is 1. The minimum absolute atomic E-state index is 0.0214. The van der Waals surface area contributed by atoms with Gasteiger partial charge in [-0.15, -0.1) is 0 Å². The molecule has 0 radical (unpaired) electrons. The Labute approximate surface area is 485 Å². The predicted octanol–water partition coefficient (Wildman–Crippen LogP) is 19.7. The lowest BCUT2D eigenvalue weighted by Crippen LogP contribution is -2.47. The number of carbonyl (C=O) groups excluding carboxylic acids is 2. The number of hydrogen-bond donors (Lipinski definition) is 2. The molecule has 2 N–H and O–H groups in total. The monoisotopic (exact) mass is 1120 g/mol. The molecule has 450 valence electrons. The van der Waals surface area contributed by atoms with Gasteiger partial charge in [0.25, 0.3) is 0 Å². The minimum Gasteiger partial charge on any atom is -0.456 e. The number of nitrogens with zero attached hydrogens (tertiary/aromatic N) is 1. The normalized spacial score (nSPS) is 14.6. The first-order chi connectivity index (χ1) is 38.4. The molecule has 79 heavy (non-hydrogen) atoms. The average molecular weight is 1120 g/mol. The molecule has 0 fully saturated rings. The van der Waals surface area contributed by atoms with Crippen molar-refractivity contribution in [3.63, 3.8) is 0 Å². The maximum absolute atomic E-state index is 13.5. The van der Waals surface area contributed by atoms with E-state index in [0.29, 0.717) is 17.4 Å². The van der Waals surface area contributed by atoms with E-state index in [1.807, 2.05) is 33.3 Å². The van der Waals surface area contributed by atoms with Gasteiger partial charge in [-0.1, -0.05) is 245 Å². The lowest BCUT2D eigenvalue weighted by Gasteiger charge is -2.27. The molecule has 0 aliphatic heterocycles. The zero-order valence-corrected chi connectivity index (χ0v) is 52.2. The second-order valence-electron chi connectivity index (χ2n) is 21.8. The lowest BCUT2D eigenvalue weighted by molar-refractivity contribution is -0.870. The highest BCUT2D eigenvalue weighted by Gasteiger charge is 2.30. The van der Waals surface area contributed by atoms with E-state index in [1.54, 1.807) is 0 Å². The van der Waals surface area contributed by atoms with Gasteiger partial charge in [0.15, 0.2) is 0 Å². The Morgan fingerprint density at radius 3 is 1.24 bits per heavy atom. The van der Waals surface area contributed by atoms with Gasteiger partial charge in [0, 0.05) is 12.8 Å². The molecule has 9 nitrogen and oxygen atoms in total. The van der Waals surface area contributed by atoms with Crippen molar-refractivity contribution in [3.8, 4) is 0 Å². The fraction of sp³-hybridized carbons (Fsp3) is 0.652. The molecule has 0 aliphatic rings. The van der Waals surface area contributed by atoms with Crippen LogP contribution >= 0.6 is 7.82 Å². The molecule has 0 rings (SSSR count). The van der Waals surface area contributed by atoms with Crippen molar-refractivity contribution in [2.24, 2.45) is 0 Å². The highest BCUT2D eigenvalue weighted by Crippen LogP contribution is 2.43. The van der Waals surface area contributed by atoms with E-state index >= 15 is 0 Å². The van der Waals surface area contributed by atoms with Gasteiger partial charge in [-0.25, -0.2) is 4.57 Å². The number of ether oxygens (including phenoxy) is 1. The summed E-state index contributed by atoms with van der Waals surface area (Å²) in [7, 11) is 1.44. The molecular weight excluding hydrogens is 1000 g/mol. The molecule has 3 unspecified atom stereocenters. The Morgan fingerprint density at radius 2 is 0.823 bits per heavy atom. The molecule has 10 heteroatoms. The summed E-state index contributed by atoms with van der Waals surface area (Å²) < 4.78 is 30.6. The number of hydrogen-bond acceptors (Lipinski definition) is 6. The number of quaternary nitrogens is 1. The maximum Gasteiger partial charge on any atom is 0.472 e. The molecule has 0 saturated carbocycles. The fourth-order valence-electron chi connectivity index (χ4n) is 8.30. The molecule has 0 aromatic carbocycles. The summed E-state index contributed by atoms with van der Waals surface area (Å²) in [5, 5.41) is 3.01. The van der Waals surface area contributed by atoms with E-state index in [0.717, 1.165) is 122 Å². The van der Waals surface area contributed by atoms with Crippen molar-refractivity contribution in [2.45, 2.75) is 251 Å². The zero-order chi connectivity index (χ0) is 57.9. The number of rotatable bonds is 55. The second-order valence-corrected chi connectivity index (χ2v) is 23.3. The summed E-state index contributed by atoms with van der Waals surface area (Å²) >= 11 is 0. The first-order valence-electron chi connectivity index (χ1n) is 31.5. The van der Waals surface area contributed by atoms with Crippen LogP contribution in [0.5, 0.6) is 0 Å². The summed E-state index contributed by atoms with van der Waals surface area (Å²) in [6.45, 7) is 6.71. The van der Waals surface area contributed by atoms with Gasteiger partial charge in [-0.3, -0.25) is 18.6 Å². The van der Waals surface area contributed by atoms with Gasteiger partial charge in [0.05, 0.1) is 33.8 Å². The molecule has 0 spiro atoms.